The summed E-state index contributed by atoms with van der Waals surface area (Å²) in [7, 11) is 0. The van der Waals surface area contributed by atoms with E-state index in [2.05, 4.69) is 27.8 Å². The summed E-state index contributed by atoms with van der Waals surface area (Å²) >= 11 is 3.23. The van der Waals surface area contributed by atoms with Gasteiger partial charge in [0.15, 0.2) is 6.29 Å². The molecule has 0 aromatic heterocycles. The zero-order chi connectivity index (χ0) is 12.0. The molecule has 0 heterocycles. The Hall–Kier alpha value is -1.67. The molecule has 4 nitrogen and oxygen atoms in total. The average molecular weight is 282 g/mol. The molecule has 5 heteroatoms. The van der Waals surface area contributed by atoms with Gasteiger partial charge in [-0.25, -0.2) is 0 Å². The van der Waals surface area contributed by atoms with Crippen molar-refractivity contribution in [1.29, 1.82) is 0 Å². The third-order valence-electron chi connectivity index (χ3n) is 1.80. The first-order valence-corrected chi connectivity index (χ1v) is 5.59. The topological polar surface area (TPSA) is 60.2 Å². The second-order valence-corrected chi connectivity index (χ2v) is 3.68. The number of halogens is 1. The minimum absolute atomic E-state index is 0.0515. The lowest BCUT2D eigenvalue weighted by atomic mass is 10.1. The maximum absolute atomic E-state index is 10.7. The lowest BCUT2D eigenvalue weighted by Gasteiger charge is -1.96. The summed E-state index contributed by atoms with van der Waals surface area (Å²) in [5.74, 6) is 5.69. The highest BCUT2D eigenvalue weighted by molar-refractivity contribution is 9.09. The fraction of sp³-hybridized carbons (Fsp3) is 0.182. The zero-order valence-corrected chi connectivity index (χ0v) is 9.86. The van der Waals surface area contributed by atoms with E-state index in [0.717, 1.165) is 5.33 Å². The fourth-order valence-electron chi connectivity index (χ4n) is 1.10. The Morgan fingerprint density at radius 2 is 2.25 bits per heavy atom. The van der Waals surface area contributed by atoms with Crippen molar-refractivity contribution in [3.63, 3.8) is 0 Å². The molecule has 0 bridgehead atoms. The van der Waals surface area contributed by atoms with Gasteiger partial charge >= 0.3 is 0 Å². The van der Waals surface area contributed by atoms with E-state index in [0.29, 0.717) is 18.3 Å². The van der Waals surface area contributed by atoms with Gasteiger partial charge in [-0.2, -0.15) is 0 Å². The Kier molecular flexibility index (Phi) is 4.67. The smallest absolute Gasteiger partial charge is 0.279 e. The van der Waals surface area contributed by atoms with Crippen molar-refractivity contribution in [3.8, 4) is 11.8 Å². The minimum atomic E-state index is -0.584. The van der Waals surface area contributed by atoms with Gasteiger partial charge < -0.3 is 0 Å². The van der Waals surface area contributed by atoms with Crippen molar-refractivity contribution >= 4 is 27.9 Å². The van der Waals surface area contributed by atoms with E-state index in [4.69, 9.17) is 0 Å². The molecule has 0 spiro atoms. The van der Waals surface area contributed by atoms with Gasteiger partial charge in [-0.3, -0.25) is 14.9 Å². The Bertz CT molecular complexity index is 474. The molecule has 1 aromatic carbocycles. The molecule has 0 atom stereocenters. The number of benzene rings is 1. The fourth-order valence-corrected chi connectivity index (χ4v) is 1.30. The highest BCUT2D eigenvalue weighted by Crippen LogP contribution is 2.17. The van der Waals surface area contributed by atoms with E-state index < -0.39 is 4.92 Å². The number of nitrogens with zero attached hydrogens (tertiary/aromatic N) is 1. The van der Waals surface area contributed by atoms with Crippen molar-refractivity contribution < 1.29 is 9.72 Å². The normalized spacial score (nSPS) is 9.06. The molecule has 0 radical (unpaired) electrons. The number of rotatable bonds is 3. The quantitative estimate of drug-likeness (QED) is 0.281. The molecule has 0 fully saturated rings. The van der Waals surface area contributed by atoms with Crippen LogP contribution in [0.25, 0.3) is 0 Å². The molecule has 0 saturated carbocycles. The lowest BCUT2D eigenvalue weighted by Crippen LogP contribution is -1.94. The maximum atomic E-state index is 10.7. The second kappa shape index (κ2) is 6.03. The van der Waals surface area contributed by atoms with E-state index in [1.165, 1.54) is 18.2 Å². The van der Waals surface area contributed by atoms with Crippen LogP contribution < -0.4 is 0 Å². The third kappa shape index (κ3) is 3.17. The standard InChI is InChI=1S/C11H8BrNO3/c12-6-2-1-3-9-4-5-11(13(15)16)10(7-9)8-14/h4-5,7-8H,2,6H2. The largest absolute Gasteiger partial charge is 0.298 e. The van der Waals surface area contributed by atoms with Crippen molar-refractivity contribution in [2.45, 2.75) is 6.42 Å². The van der Waals surface area contributed by atoms with Crippen LogP contribution in [-0.2, 0) is 0 Å². The van der Waals surface area contributed by atoms with Gasteiger partial charge in [0.05, 0.1) is 10.5 Å². The monoisotopic (exact) mass is 281 g/mol. The molecule has 0 aliphatic carbocycles. The molecule has 0 saturated heterocycles. The highest BCUT2D eigenvalue weighted by atomic mass is 79.9. The molecule has 1 rings (SSSR count). The minimum Gasteiger partial charge on any atom is -0.298 e. The SMILES string of the molecule is O=Cc1cc(C#CCCBr)ccc1[N+](=O)[O-]. The Morgan fingerprint density at radius 1 is 1.50 bits per heavy atom. The summed E-state index contributed by atoms with van der Waals surface area (Å²) in [6, 6.07) is 4.25. The predicted octanol–water partition coefficient (Wildman–Crippen LogP) is 2.54. The van der Waals surface area contributed by atoms with Crippen LogP contribution in [0.3, 0.4) is 0 Å². The van der Waals surface area contributed by atoms with Crippen LogP contribution in [-0.4, -0.2) is 16.5 Å². The summed E-state index contributed by atoms with van der Waals surface area (Å²) in [5.41, 5.74) is 0.463. The molecule has 0 N–H and O–H groups in total. The summed E-state index contributed by atoms with van der Waals surface area (Å²) in [6.07, 6.45) is 1.15. The Morgan fingerprint density at radius 3 is 2.81 bits per heavy atom. The number of nitro benzene ring substituents is 1. The van der Waals surface area contributed by atoms with Gasteiger partial charge in [-0.05, 0) is 12.1 Å². The van der Waals surface area contributed by atoms with Crippen LogP contribution in [0.5, 0.6) is 0 Å². The first-order valence-electron chi connectivity index (χ1n) is 4.47. The van der Waals surface area contributed by atoms with Crippen molar-refractivity contribution in [2.75, 3.05) is 5.33 Å². The maximum Gasteiger partial charge on any atom is 0.279 e. The van der Waals surface area contributed by atoms with Gasteiger partial charge in [-0.15, -0.1) is 0 Å². The van der Waals surface area contributed by atoms with Gasteiger partial charge in [0.25, 0.3) is 5.69 Å². The zero-order valence-electron chi connectivity index (χ0n) is 8.27. The molecule has 0 amide bonds. The summed E-state index contributed by atoms with van der Waals surface area (Å²) in [6.45, 7) is 0. The summed E-state index contributed by atoms with van der Waals surface area (Å²) in [5, 5.41) is 11.3. The van der Waals surface area contributed by atoms with E-state index in [1.54, 1.807) is 0 Å². The molecular weight excluding hydrogens is 274 g/mol. The number of hydrogen-bond acceptors (Lipinski definition) is 3. The van der Waals surface area contributed by atoms with Gasteiger partial charge in [0.2, 0.25) is 0 Å². The van der Waals surface area contributed by atoms with Gasteiger partial charge in [-0.1, -0.05) is 27.8 Å². The van der Waals surface area contributed by atoms with E-state index in [1.807, 2.05) is 0 Å². The van der Waals surface area contributed by atoms with E-state index in [9.17, 15) is 14.9 Å². The van der Waals surface area contributed by atoms with Gasteiger partial charge in [0.1, 0.15) is 0 Å². The third-order valence-corrected chi connectivity index (χ3v) is 2.20. The van der Waals surface area contributed by atoms with Crippen LogP contribution in [0.15, 0.2) is 18.2 Å². The van der Waals surface area contributed by atoms with Crippen molar-refractivity contribution in [3.05, 3.63) is 39.4 Å². The number of carbonyl (C=O) groups excluding carboxylic acids is 1. The van der Waals surface area contributed by atoms with Crippen molar-refractivity contribution in [1.82, 2.24) is 0 Å². The molecule has 0 unspecified atom stereocenters. The summed E-state index contributed by atoms with van der Waals surface area (Å²) in [4.78, 5) is 20.6. The number of hydrogen-bond donors (Lipinski definition) is 0. The first kappa shape index (κ1) is 12.4. The van der Waals surface area contributed by atoms with Crippen LogP contribution >= 0.6 is 15.9 Å². The second-order valence-electron chi connectivity index (χ2n) is 2.89. The summed E-state index contributed by atoms with van der Waals surface area (Å²) < 4.78 is 0. The van der Waals surface area contributed by atoms with Crippen LogP contribution in [0.4, 0.5) is 5.69 Å². The lowest BCUT2D eigenvalue weighted by molar-refractivity contribution is -0.385. The van der Waals surface area contributed by atoms with Gasteiger partial charge in [0, 0.05) is 23.4 Å². The van der Waals surface area contributed by atoms with E-state index >= 15 is 0 Å². The molecular formula is C11H8BrNO3. The van der Waals surface area contributed by atoms with Crippen LogP contribution in [0, 0.1) is 22.0 Å². The molecule has 1 aromatic rings. The molecule has 16 heavy (non-hydrogen) atoms. The highest BCUT2D eigenvalue weighted by Gasteiger charge is 2.12. The molecule has 82 valence electrons. The Balaban J connectivity index is 3.06. The first-order chi connectivity index (χ1) is 7.69. The van der Waals surface area contributed by atoms with Crippen molar-refractivity contribution in [2.24, 2.45) is 0 Å². The number of alkyl halides is 1. The Labute approximate surface area is 101 Å². The molecule has 0 aliphatic rings. The number of nitro groups is 1. The molecule has 0 aliphatic heterocycles. The predicted molar refractivity (Wildman–Crippen MR) is 63.8 cm³/mol. The van der Waals surface area contributed by atoms with E-state index in [-0.39, 0.29) is 11.3 Å². The average Bonchev–Trinajstić information content (AvgIpc) is 2.29. The van der Waals surface area contributed by atoms with Crippen LogP contribution in [0.2, 0.25) is 0 Å². The number of aldehydes is 1. The number of carbonyl (C=O) groups is 1. The van der Waals surface area contributed by atoms with Crippen LogP contribution in [0.1, 0.15) is 22.3 Å².